The van der Waals surface area contributed by atoms with Crippen LogP contribution >= 0.6 is 23.2 Å². The third-order valence-electron chi connectivity index (χ3n) is 5.29. The van der Waals surface area contributed by atoms with E-state index in [-0.39, 0.29) is 16.7 Å². The van der Waals surface area contributed by atoms with Crippen LogP contribution in [-0.4, -0.2) is 26.7 Å². The number of fused-ring (bicyclic) bond motifs is 1. The lowest BCUT2D eigenvalue weighted by Gasteiger charge is -2.24. The Morgan fingerprint density at radius 1 is 1.11 bits per heavy atom. The zero-order valence-corrected chi connectivity index (χ0v) is 17.1. The van der Waals surface area contributed by atoms with Crippen LogP contribution in [0, 0.1) is 6.92 Å². The zero-order chi connectivity index (χ0) is 20.8. The van der Waals surface area contributed by atoms with E-state index in [9.17, 15) is 19.8 Å². The molecule has 0 radical (unpaired) electrons. The second-order valence-electron chi connectivity index (χ2n) is 6.92. The Morgan fingerprint density at radius 2 is 1.79 bits per heavy atom. The molecule has 28 heavy (non-hydrogen) atoms. The molecule has 2 N–H and O–H groups in total. The highest BCUT2D eigenvalue weighted by Crippen LogP contribution is 2.40. The number of carbonyl (C=O) groups excluding carboxylic acids is 1. The average Bonchev–Trinajstić information content (AvgIpc) is 2.94. The number of hydrogen-bond acceptors (Lipinski definition) is 3. The first-order valence-corrected chi connectivity index (χ1v) is 9.45. The normalized spacial score (nSPS) is 13.5. The monoisotopic (exact) mass is 419 g/mol. The number of hydrogen-bond donors (Lipinski definition) is 2. The van der Waals surface area contributed by atoms with Gasteiger partial charge in [0.25, 0.3) is 5.91 Å². The molecule has 0 amide bonds. The molecule has 0 aliphatic rings. The summed E-state index contributed by atoms with van der Waals surface area (Å²) < 4.78 is 1.46. The van der Waals surface area contributed by atoms with Crippen LogP contribution in [0.3, 0.4) is 0 Å². The zero-order valence-electron chi connectivity index (χ0n) is 15.6. The van der Waals surface area contributed by atoms with E-state index < -0.39 is 11.4 Å². The molecule has 0 spiro atoms. The SMILES string of the molecule is CC[C@@](C)(C(=O)O)c1c(C)n(C(=O)c2ccc(Cl)c(Cl)c2)c2ccc(O)cc12. The Balaban J connectivity index is 2.35. The molecular weight excluding hydrogens is 401 g/mol. The van der Waals surface area contributed by atoms with Crippen LogP contribution in [0.2, 0.25) is 10.0 Å². The van der Waals surface area contributed by atoms with Crippen molar-refractivity contribution in [1.82, 2.24) is 4.57 Å². The van der Waals surface area contributed by atoms with Crippen molar-refractivity contribution in [2.24, 2.45) is 0 Å². The molecule has 0 aliphatic carbocycles. The molecule has 3 rings (SSSR count). The van der Waals surface area contributed by atoms with Gasteiger partial charge >= 0.3 is 5.97 Å². The highest BCUT2D eigenvalue weighted by atomic mass is 35.5. The summed E-state index contributed by atoms with van der Waals surface area (Å²) in [6.07, 6.45) is 0.318. The molecular formula is C21H19Cl2NO4. The predicted octanol–water partition coefficient (Wildman–Crippen LogP) is 5.40. The van der Waals surface area contributed by atoms with Gasteiger partial charge in [0.05, 0.1) is 21.0 Å². The lowest BCUT2D eigenvalue weighted by molar-refractivity contribution is -0.143. The van der Waals surface area contributed by atoms with Gasteiger partial charge in [0, 0.05) is 16.6 Å². The molecule has 146 valence electrons. The maximum absolute atomic E-state index is 13.3. The Morgan fingerprint density at radius 3 is 2.36 bits per heavy atom. The van der Waals surface area contributed by atoms with Crippen LogP contribution in [0.1, 0.15) is 41.9 Å². The predicted molar refractivity (Wildman–Crippen MR) is 110 cm³/mol. The van der Waals surface area contributed by atoms with E-state index in [1.165, 1.54) is 28.8 Å². The number of nitrogens with zero attached hydrogens (tertiary/aromatic N) is 1. The second-order valence-corrected chi connectivity index (χ2v) is 7.74. The van der Waals surface area contributed by atoms with Gasteiger partial charge in [-0.05, 0) is 62.2 Å². The smallest absolute Gasteiger partial charge is 0.313 e. The first-order valence-electron chi connectivity index (χ1n) is 8.69. The summed E-state index contributed by atoms with van der Waals surface area (Å²) in [5, 5.41) is 21.0. The van der Waals surface area contributed by atoms with Crippen LogP contribution in [0.4, 0.5) is 0 Å². The molecule has 0 aliphatic heterocycles. The van der Waals surface area contributed by atoms with Crippen molar-refractivity contribution in [2.45, 2.75) is 32.6 Å². The van der Waals surface area contributed by atoms with Crippen LogP contribution < -0.4 is 0 Å². The minimum atomic E-state index is -1.22. The lowest BCUT2D eigenvalue weighted by atomic mass is 9.78. The number of benzene rings is 2. The summed E-state index contributed by atoms with van der Waals surface area (Å²) in [6, 6.07) is 9.15. The van der Waals surface area contributed by atoms with Crippen molar-refractivity contribution in [3.63, 3.8) is 0 Å². The molecule has 1 atom stereocenters. The Bertz CT molecular complexity index is 1120. The number of carboxylic acid groups (broad SMARTS) is 1. The van der Waals surface area contributed by atoms with Crippen LogP contribution in [0.15, 0.2) is 36.4 Å². The van der Waals surface area contributed by atoms with E-state index in [2.05, 4.69) is 0 Å². The highest BCUT2D eigenvalue weighted by Gasteiger charge is 2.39. The van der Waals surface area contributed by atoms with Crippen molar-refractivity contribution >= 4 is 46.0 Å². The van der Waals surface area contributed by atoms with E-state index >= 15 is 0 Å². The Kier molecular flexibility index (Phi) is 5.17. The summed E-state index contributed by atoms with van der Waals surface area (Å²) in [4.78, 5) is 25.4. The summed E-state index contributed by atoms with van der Waals surface area (Å²) in [5.74, 6) is -1.36. The molecule has 3 aromatic rings. The fourth-order valence-corrected chi connectivity index (χ4v) is 3.86. The first-order chi connectivity index (χ1) is 13.1. The second kappa shape index (κ2) is 7.15. The van der Waals surface area contributed by atoms with Crippen LogP contribution in [0.25, 0.3) is 10.9 Å². The van der Waals surface area contributed by atoms with E-state index in [0.717, 1.165) is 0 Å². The third-order valence-corrected chi connectivity index (χ3v) is 6.03. The molecule has 0 bridgehead atoms. The minimum Gasteiger partial charge on any atom is -0.508 e. The number of aromatic nitrogens is 1. The summed E-state index contributed by atoms with van der Waals surface area (Å²) in [6.45, 7) is 5.11. The van der Waals surface area contributed by atoms with Crippen molar-refractivity contribution < 1.29 is 19.8 Å². The van der Waals surface area contributed by atoms with E-state index in [1.54, 1.807) is 32.9 Å². The molecule has 0 unspecified atom stereocenters. The summed E-state index contributed by atoms with van der Waals surface area (Å²) >= 11 is 12.0. The Hall–Kier alpha value is -2.50. The number of halogens is 2. The van der Waals surface area contributed by atoms with Gasteiger partial charge in [-0.2, -0.15) is 0 Å². The maximum Gasteiger partial charge on any atom is 0.313 e. The van der Waals surface area contributed by atoms with E-state index in [0.29, 0.717) is 39.2 Å². The minimum absolute atomic E-state index is 0.00303. The van der Waals surface area contributed by atoms with Crippen LogP contribution in [-0.2, 0) is 10.2 Å². The fraction of sp³-hybridized carbons (Fsp3) is 0.238. The van der Waals surface area contributed by atoms with Gasteiger partial charge in [-0.15, -0.1) is 0 Å². The number of carbonyl (C=O) groups is 2. The maximum atomic E-state index is 13.3. The lowest BCUT2D eigenvalue weighted by Crippen LogP contribution is -2.32. The fourth-order valence-electron chi connectivity index (χ4n) is 3.56. The molecule has 0 saturated heterocycles. The van der Waals surface area contributed by atoms with Gasteiger partial charge in [-0.3, -0.25) is 14.2 Å². The van der Waals surface area contributed by atoms with Gasteiger partial charge in [0.15, 0.2) is 0 Å². The number of aliphatic carboxylic acids is 1. The number of aromatic hydroxyl groups is 1. The first kappa shape index (κ1) is 20.2. The molecule has 0 fully saturated rings. The highest BCUT2D eigenvalue weighted by molar-refractivity contribution is 6.42. The molecule has 5 nitrogen and oxygen atoms in total. The summed E-state index contributed by atoms with van der Waals surface area (Å²) in [5.41, 5.74) is 0.620. The van der Waals surface area contributed by atoms with Gasteiger partial charge in [-0.1, -0.05) is 30.1 Å². The molecule has 0 saturated carbocycles. The van der Waals surface area contributed by atoms with Gasteiger partial charge < -0.3 is 10.2 Å². The number of phenols is 1. The van der Waals surface area contributed by atoms with Crippen molar-refractivity contribution in [2.75, 3.05) is 0 Å². The van der Waals surface area contributed by atoms with E-state index in [4.69, 9.17) is 23.2 Å². The largest absolute Gasteiger partial charge is 0.508 e. The third kappa shape index (κ3) is 3.05. The quantitative estimate of drug-likeness (QED) is 0.592. The Labute approximate surface area is 172 Å². The molecule has 1 heterocycles. The molecule has 1 aromatic heterocycles. The van der Waals surface area contributed by atoms with Crippen molar-refractivity contribution in [1.29, 1.82) is 0 Å². The average molecular weight is 420 g/mol. The topological polar surface area (TPSA) is 79.5 Å². The summed E-state index contributed by atoms with van der Waals surface area (Å²) in [7, 11) is 0. The van der Waals surface area contributed by atoms with Crippen molar-refractivity contribution in [3.05, 3.63) is 63.3 Å². The van der Waals surface area contributed by atoms with Crippen molar-refractivity contribution in [3.8, 4) is 5.75 Å². The molecule has 7 heteroatoms. The number of carboxylic acids is 1. The van der Waals surface area contributed by atoms with Gasteiger partial charge in [0.2, 0.25) is 0 Å². The van der Waals surface area contributed by atoms with Crippen LogP contribution in [0.5, 0.6) is 5.75 Å². The van der Waals surface area contributed by atoms with Gasteiger partial charge in [0.1, 0.15) is 5.75 Å². The van der Waals surface area contributed by atoms with Gasteiger partial charge in [-0.25, -0.2) is 0 Å². The number of rotatable bonds is 4. The molecule has 2 aromatic carbocycles. The number of phenolic OH excluding ortho intramolecular Hbond substituents is 1. The van der Waals surface area contributed by atoms with E-state index in [1.807, 2.05) is 0 Å². The standard InChI is InChI=1S/C21H19Cl2NO4/c1-4-21(3,20(27)28)18-11(2)24(17-8-6-13(25)10-14(17)18)19(26)12-5-7-15(22)16(23)9-12/h5-10,25H,4H2,1-3H3,(H,27,28)/t21-/m1/s1.